The van der Waals surface area contributed by atoms with Gasteiger partial charge in [-0.15, -0.1) is 0 Å². The number of aromatic nitrogens is 4. The van der Waals surface area contributed by atoms with Gasteiger partial charge in [-0.05, 0) is 84.8 Å². The Bertz CT molecular complexity index is 2590. The number of rotatable bonds is 21. The topological polar surface area (TPSA) is 124 Å². The van der Waals surface area contributed by atoms with E-state index in [4.69, 9.17) is 23.6 Å². The molecule has 1 unspecified atom stereocenters. The van der Waals surface area contributed by atoms with E-state index in [1.54, 1.807) is 23.9 Å². The fourth-order valence-electron chi connectivity index (χ4n) is 6.81. The van der Waals surface area contributed by atoms with Gasteiger partial charge in [-0.2, -0.15) is 5.10 Å². The van der Waals surface area contributed by atoms with Crippen molar-refractivity contribution in [2.24, 2.45) is 7.05 Å². The molecular weight excluding hydrogens is 831 g/mol. The van der Waals surface area contributed by atoms with E-state index < -0.39 is 35.9 Å². The number of benzene rings is 4. The maximum absolute atomic E-state index is 15.8. The first-order valence-electron chi connectivity index (χ1n) is 20.7. The smallest absolute Gasteiger partial charge is 0.191 e. The minimum absolute atomic E-state index is 0.00416. The largest absolute Gasteiger partial charge is 0.453 e. The van der Waals surface area contributed by atoms with Gasteiger partial charge in [0.15, 0.2) is 37.8 Å². The van der Waals surface area contributed by atoms with Gasteiger partial charge in [-0.1, -0.05) is 75.4 Å². The molecule has 0 bridgehead atoms. The van der Waals surface area contributed by atoms with Crippen LogP contribution < -0.4 is 4.74 Å². The van der Waals surface area contributed by atoms with Gasteiger partial charge in [0.1, 0.15) is 34.2 Å². The monoisotopic (exact) mass is 886 g/mol. The first-order chi connectivity index (χ1) is 29.4. The molecule has 0 spiro atoms. The van der Waals surface area contributed by atoms with Gasteiger partial charge in [0.2, 0.25) is 0 Å². The van der Waals surface area contributed by atoms with Gasteiger partial charge < -0.3 is 23.2 Å². The number of nitrogens with zero attached hydrogens (tertiary/aromatic N) is 4. The highest BCUT2D eigenvalue weighted by Crippen LogP contribution is 2.38. The molecule has 4 aromatic carbocycles. The molecule has 2 aromatic heterocycles. The maximum atomic E-state index is 15.8. The van der Waals surface area contributed by atoms with Crippen LogP contribution >= 0.6 is 0 Å². The number of fused-ring (bicyclic) bond motifs is 1. The summed E-state index contributed by atoms with van der Waals surface area (Å²) in [6.07, 6.45) is 5.21. The van der Waals surface area contributed by atoms with Crippen molar-refractivity contribution in [1.29, 1.82) is 0 Å². The number of aldehydes is 1. The number of sulfone groups is 1. The van der Waals surface area contributed by atoms with Crippen LogP contribution in [0.25, 0.3) is 22.3 Å². The molecule has 0 radical (unpaired) electrons. The molecule has 0 aliphatic carbocycles. The van der Waals surface area contributed by atoms with Gasteiger partial charge in [0.05, 0.1) is 23.3 Å². The fraction of sp³-hybridized carbons (Fsp3) is 0.383. The zero-order chi connectivity index (χ0) is 44.7. The van der Waals surface area contributed by atoms with Crippen LogP contribution in [-0.4, -0.2) is 67.6 Å². The molecule has 6 aromatic rings. The normalized spacial score (nSPS) is 12.9. The van der Waals surface area contributed by atoms with Gasteiger partial charge in [0.25, 0.3) is 0 Å². The van der Waals surface area contributed by atoms with E-state index in [-0.39, 0.29) is 58.4 Å². The average molecular weight is 887 g/mol. The lowest BCUT2D eigenvalue weighted by Gasteiger charge is -2.36. The fourth-order valence-corrected chi connectivity index (χ4v) is 8.62. The van der Waals surface area contributed by atoms with Crippen LogP contribution in [0.4, 0.5) is 8.78 Å². The van der Waals surface area contributed by atoms with Crippen molar-refractivity contribution in [2.45, 2.75) is 84.0 Å². The summed E-state index contributed by atoms with van der Waals surface area (Å²) in [5.41, 5.74) is 3.33. The molecule has 1 atom stereocenters. The molecule has 0 saturated carbocycles. The highest BCUT2D eigenvalue weighted by Gasteiger charge is 2.37. The number of ether oxygens (including phenoxy) is 3. The lowest BCUT2D eigenvalue weighted by molar-refractivity contribution is 0.0667. The zero-order valence-corrected chi connectivity index (χ0v) is 38.3. The van der Waals surface area contributed by atoms with Crippen LogP contribution in [0, 0.1) is 11.6 Å². The third-order valence-electron chi connectivity index (χ3n) is 11.2. The molecule has 0 aliphatic rings. The summed E-state index contributed by atoms with van der Waals surface area (Å²) in [6.45, 7) is 12.5. The van der Waals surface area contributed by atoms with Crippen LogP contribution in [0.2, 0.25) is 18.1 Å². The van der Waals surface area contributed by atoms with Crippen molar-refractivity contribution in [3.8, 4) is 22.9 Å². The molecule has 15 heteroatoms. The van der Waals surface area contributed by atoms with Gasteiger partial charge in [0, 0.05) is 49.9 Å². The first kappa shape index (κ1) is 46.4. The quantitative estimate of drug-likeness (QED) is 0.0395. The average Bonchev–Trinajstić information content (AvgIpc) is 3.80. The Balaban J connectivity index is 1.23. The number of carbonyl (C=O) groups excluding carboxylic acids is 1. The number of hydrogen-bond acceptors (Lipinski definition) is 9. The van der Waals surface area contributed by atoms with Crippen molar-refractivity contribution in [1.82, 2.24) is 19.3 Å². The highest BCUT2D eigenvalue weighted by molar-refractivity contribution is 7.90. The zero-order valence-electron chi connectivity index (χ0n) is 36.5. The second-order valence-electron chi connectivity index (χ2n) is 17.1. The summed E-state index contributed by atoms with van der Waals surface area (Å²) >= 11 is 0. The predicted octanol–water partition coefficient (Wildman–Crippen LogP) is 10.4. The molecule has 0 amide bonds. The molecule has 0 aliphatic heterocycles. The predicted molar refractivity (Wildman–Crippen MR) is 240 cm³/mol. The van der Waals surface area contributed by atoms with Gasteiger partial charge >= 0.3 is 0 Å². The minimum atomic E-state index is -3.13. The summed E-state index contributed by atoms with van der Waals surface area (Å²) in [5.74, 6) is -1.17. The highest BCUT2D eigenvalue weighted by atomic mass is 32.2. The first-order valence-corrected chi connectivity index (χ1v) is 25.7. The Morgan fingerprint density at radius 2 is 1.65 bits per heavy atom. The molecule has 62 heavy (non-hydrogen) atoms. The Morgan fingerprint density at radius 1 is 0.887 bits per heavy atom. The Kier molecular flexibility index (Phi) is 15.0. The van der Waals surface area contributed by atoms with Gasteiger partial charge in [-0.3, -0.25) is 4.79 Å². The van der Waals surface area contributed by atoms with Crippen molar-refractivity contribution in [3.05, 3.63) is 131 Å². The molecule has 6 rings (SSSR count). The summed E-state index contributed by atoms with van der Waals surface area (Å²) in [4.78, 5) is 17.2. The Morgan fingerprint density at radius 3 is 2.37 bits per heavy atom. The van der Waals surface area contributed by atoms with E-state index >= 15 is 8.78 Å². The second kappa shape index (κ2) is 20.0. The molecular formula is C47H56F2N4O7SSi. The summed E-state index contributed by atoms with van der Waals surface area (Å²) in [6, 6.07) is 24.5. The molecule has 0 saturated heterocycles. The van der Waals surface area contributed by atoms with Crippen molar-refractivity contribution < 1.29 is 40.6 Å². The lowest BCUT2D eigenvalue weighted by atomic mass is 10.0. The van der Waals surface area contributed by atoms with Crippen LogP contribution in [0.5, 0.6) is 11.5 Å². The Hall–Kier alpha value is -5.06. The third kappa shape index (κ3) is 11.7. The summed E-state index contributed by atoms with van der Waals surface area (Å²) < 4.78 is 82.9. The molecule has 11 nitrogen and oxygen atoms in total. The Labute approximate surface area is 364 Å². The van der Waals surface area contributed by atoms with Crippen molar-refractivity contribution in [2.75, 3.05) is 25.2 Å². The van der Waals surface area contributed by atoms with Crippen LogP contribution in [-0.2, 0) is 50.5 Å². The third-order valence-corrected chi connectivity index (χ3v) is 16.8. The van der Waals surface area contributed by atoms with Crippen LogP contribution in [0.15, 0.2) is 91.1 Å². The standard InChI is InChI=1S/C47H56F2N4O7SSi/c1-47(2,3)62(6,7)59-25-14-18-33-17-13-19-35(27-33)43(58-24-11-12-26-61(5,55)56)45-50-46(52(4)51-45)38-28-36(20-21-40(38)48)60-44-39(30-54)37-22-23-53(42(37)29-41(44)49)32-57-31-34-15-9-8-10-16-34/h8-10,13,15-17,19-23,27-30,43H,11-12,14,18,24-26,31-32H2,1-7H3. The molecule has 330 valence electrons. The maximum Gasteiger partial charge on any atom is 0.191 e. The molecule has 0 fully saturated rings. The molecule has 0 N–H and O–H groups in total. The van der Waals surface area contributed by atoms with Gasteiger partial charge in [-0.25, -0.2) is 26.9 Å². The number of unbranched alkanes of at least 4 members (excludes halogenated alkanes) is 1. The van der Waals surface area contributed by atoms with Crippen molar-refractivity contribution >= 4 is 35.3 Å². The minimum Gasteiger partial charge on any atom is -0.453 e. The van der Waals surface area contributed by atoms with E-state index in [9.17, 15) is 13.2 Å². The van der Waals surface area contributed by atoms with Crippen LogP contribution in [0.3, 0.4) is 0 Å². The SMILES string of the molecule is Cn1nc(C(OCCCCS(C)(=O)=O)c2cccc(CCCO[Si](C)(C)C(C)(C)C)c2)nc1-c1cc(Oc2c(F)cc3c(ccn3COCc3ccccc3)c2C=O)ccc1F. The van der Waals surface area contributed by atoms with E-state index in [0.29, 0.717) is 43.2 Å². The van der Waals surface area contributed by atoms with Crippen molar-refractivity contribution in [3.63, 3.8) is 0 Å². The van der Waals surface area contributed by atoms with E-state index in [1.165, 1.54) is 35.2 Å². The lowest BCUT2D eigenvalue weighted by Crippen LogP contribution is -2.41. The van der Waals surface area contributed by atoms with Crippen LogP contribution in [0.1, 0.15) is 79.0 Å². The summed E-state index contributed by atoms with van der Waals surface area (Å²) in [5, 5.41) is 5.25. The summed E-state index contributed by atoms with van der Waals surface area (Å²) in [7, 11) is -3.38. The number of aryl methyl sites for hydroxylation is 2. The number of halogens is 2. The second-order valence-corrected chi connectivity index (χ2v) is 24.2. The number of carbonyl (C=O) groups is 1. The molecule has 2 heterocycles. The van der Waals surface area contributed by atoms with E-state index in [2.05, 4.69) is 39.0 Å². The van der Waals surface area contributed by atoms with E-state index in [0.717, 1.165) is 29.5 Å². The van der Waals surface area contributed by atoms with E-state index in [1.807, 2.05) is 54.6 Å². The number of hydrogen-bond donors (Lipinski definition) is 0.